The summed E-state index contributed by atoms with van der Waals surface area (Å²) in [7, 11) is 0. The number of allylic oxidation sites excluding steroid dienone is 1. The van der Waals surface area contributed by atoms with Gasteiger partial charge >= 0.3 is 5.97 Å². The van der Waals surface area contributed by atoms with Crippen LogP contribution in [0.25, 0.3) is 0 Å². The summed E-state index contributed by atoms with van der Waals surface area (Å²) >= 11 is 1.09. The Bertz CT molecular complexity index is 429. The Hall–Kier alpha value is -1.81. The smallest absolute Gasteiger partial charge is 0.330 e. The molecule has 0 saturated heterocycles. The van der Waals surface area contributed by atoms with E-state index in [1.807, 2.05) is 13.8 Å². The highest BCUT2D eigenvalue weighted by atomic mass is 32.2. The third kappa shape index (κ3) is 9.68. The molecule has 0 aromatic rings. The molecule has 0 fully saturated rings. The summed E-state index contributed by atoms with van der Waals surface area (Å²) in [4.78, 5) is 35.2. The molecule has 0 aromatic heterocycles. The zero-order chi connectivity index (χ0) is 16.3. The van der Waals surface area contributed by atoms with Crippen molar-refractivity contribution in [1.82, 2.24) is 5.32 Å². The summed E-state index contributed by atoms with van der Waals surface area (Å²) in [5, 5.41) is 10.7. The number of carbonyl (C=O) groups is 3. The molecule has 0 spiro atoms. The van der Waals surface area contributed by atoms with Crippen LogP contribution in [0.3, 0.4) is 0 Å². The first-order valence-electron chi connectivity index (χ1n) is 6.54. The number of carbonyl (C=O) groups excluding carboxylic acids is 3. The summed E-state index contributed by atoms with van der Waals surface area (Å²) in [6, 6.07) is 0.607. The van der Waals surface area contributed by atoms with Gasteiger partial charge in [0.1, 0.15) is 12.1 Å². The lowest BCUT2D eigenvalue weighted by atomic mass is 10.2. The molecule has 6 nitrogen and oxygen atoms in total. The number of esters is 1. The van der Waals surface area contributed by atoms with Gasteiger partial charge < -0.3 is 10.1 Å². The van der Waals surface area contributed by atoms with Crippen LogP contribution in [0.5, 0.6) is 0 Å². The Kier molecular flexibility index (Phi) is 9.98. The van der Waals surface area contributed by atoms with Gasteiger partial charge in [0.05, 0.1) is 0 Å². The maximum atomic E-state index is 11.8. The molecule has 0 saturated carbocycles. The van der Waals surface area contributed by atoms with E-state index < -0.39 is 18.6 Å². The van der Waals surface area contributed by atoms with Gasteiger partial charge in [0, 0.05) is 18.1 Å². The molecule has 116 valence electrons. The van der Waals surface area contributed by atoms with Crippen molar-refractivity contribution in [3.8, 4) is 6.07 Å². The summed E-state index contributed by atoms with van der Waals surface area (Å²) in [6.45, 7) is 6.80. The number of rotatable bonds is 9. The van der Waals surface area contributed by atoms with Crippen molar-refractivity contribution >= 4 is 28.8 Å². The molecule has 0 aliphatic carbocycles. The van der Waals surface area contributed by atoms with Crippen molar-refractivity contribution in [2.45, 2.75) is 44.4 Å². The molecule has 0 unspecified atom stereocenters. The van der Waals surface area contributed by atoms with Gasteiger partial charge in [-0.2, -0.15) is 5.26 Å². The second kappa shape index (κ2) is 10.9. The third-order valence-corrected chi connectivity index (χ3v) is 3.11. The molecule has 0 radical (unpaired) electrons. The first-order valence-corrected chi connectivity index (χ1v) is 7.42. The number of hydrogen-bond acceptors (Lipinski definition) is 6. The second-order valence-corrected chi connectivity index (χ2v) is 6.09. The molecule has 0 aliphatic rings. The molecule has 0 aromatic carbocycles. The molecular weight excluding hydrogens is 292 g/mol. The SMILES string of the molecule is C=CCCC(=O)N[C@@H](CC(=O)SC(C)C)C(=O)OCC#N. The van der Waals surface area contributed by atoms with Gasteiger partial charge in [-0.1, -0.05) is 31.7 Å². The summed E-state index contributed by atoms with van der Waals surface area (Å²) in [6.07, 6.45) is 2.08. The molecule has 0 bridgehead atoms. The molecule has 1 amide bonds. The monoisotopic (exact) mass is 312 g/mol. The minimum Gasteiger partial charge on any atom is -0.449 e. The van der Waals surface area contributed by atoms with Gasteiger partial charge in [-0.25, -0.2) is 4.79 Å². The number of nitrogens with one attached hydrogen (secondary N) is 1. The summed E-state index contributed by atoms with van der Waals surface area (Å²) < 4.78 is 4.67. The van der Waals surface area contributed by atoms with Crippen LogP contribution < -0.4 is 5.32 Å². The highest BCUT2D eigenvalue weighted by molar-refractivity contribution is 8.14. The lowest BCUT2D eigenvalue weighted by Gasteiger charge is -2.16. The van der Waals surface area contributed by atoms with E-state index in [0.29, 0.717) is 6.42 Å². The van der Waals surface area contributed by atoms with E-state index in [4.69, 9.17) is 5.26 Å². The molecular formula is C14H20N2O4S. The average Bonchev–Trinajstić information content (AvgIpc) is 2.40. The van der Waals surface area contributed by atoms with E-state index in [1.165, 1.54) is 0 Å². The molecule has 0 rings (SSSR count). The van der Waals surface area contributed by atoms with Crippen molar-refractivity contribution in [3.05, 3.63) is 12.7 Å². The zero-order valence-electron chi connectivity index (χ0n) is 12.3. The first-order chi connectivity index (χ1) is 9.90. The number of nitrogens with zero attached hydrogens (tertiary/aromatic N) is 1. The topological polar surface area (TPSA) is 96.3 Å². The van der Waals surface area contributed by atoms with Crippen LogP contribution in [-0.4, -0.2) is 34.9 Å². The van der Waals surface area contributed by atoms with E-state index in [1.54, 1.807) is 12.1 Å². The Labute approximate surface area is 128 Å². The van der Waals surface area contributed by atoms with Crippen molar-refractivity contribution in [2.24, 2.45) is 0 Å². The van der Waals surface area contributed by atoms with Gasteiger partial charge in [-0.15, -0.1) is 6.58 Å². The maximum absolute atomic E-state index is 11.8. The third-order valence-electron chi connectivity index (χ3n) is 2.21. The van der Waals surface area contributed by atoms with Crippen LogP contribution in [0, 0.1) is 11.3 Å². The number of thioether (sulfide) groups is 1. The van der Waals surface area contributed by atoms with Gasteiger partial charge in [0.25, 0.3) is 0 Å². The van der Waals surface area contributed by atoms with Crippen molar-refractivity contribution in [1.29, 1.82) is 5.26 Å². The van der Waals surface area contributed by atoms with Crippen LogP contribution in [0.1, 0.15) is 33.1 Å². The molecule has 7 heteroatoms. The van der Waals surface area contributed by atoms with Crippen molar-refractivity contribution in [2.75, 3.05) is 6.61 Å². The van der Waals surface area contributed by atoms with E-state index in [9.17, 15) is 14.4 Å². The van der Waals surface area contributed by atoms with Crippen LogP contribution in [0.15, 0.2) is 12.7 Å². The van der Waals surface area contributed by atoms with E-state index in [2.05, 4.69) is 16.6 Å². The lowest BCUT2D eigenvalue weighted by molar-refractivity contribution is -0.147. The van der Waals surface area contributed by atoms with Crippen molar-refractivity contribution < 1.29 is 19.1 Å². The quantitative estimate of drug-likeness (QED) is 0.513. The predicted octanol–water partition coefficient (Wildman–Crippen LogP) is 1.56. The fourth-order valence-corrected chi connectivity index (χ4v) is 2.16. The molecule has 21 heavy (non-hydrogen) atoms. The van der Waals surface area contributed by atoms with Gasteiger partial charge in [-0.3, -0.25) is 9.59 Å². The zero-order valence-corrected chi connectivity index (χ0v) is 13.1. The van der Waals surface area contributed by atoms with Crippen LogP contribution in [-0.2, 0) is 19.1 Å². The molecule has 1 atom stereocenters. The highest BCUT2D eigenvalue weighted by Gasteiger charge is 2.25. The van der Waals surface area contributed by atoms with Crippen LogP contribution in [0.2, 0.25) is 0 Å². The molecule has 0 aliphatic heterocycles. The number of ether oxygens (including phenoxy) is 1. The Balaban J connectivity index is 4.64. The Morgan fingerprint density at radius 1 is 1.43 bits per heavy atom. The van der Waals surface area contributed by atoms with Crippen LogP contribution >= 0.6 is 11.8 Å². The number of hydrogen-bond donors (Lipinski definition) is 1. The fourth-order valence-electron chi connectivity index (χ4n) is 1.37. The maximum Gasteiger partial charge on any atom is 0.330 e. The standard InChI is InChI=1S/C14H20N2O4S/c1-4-5-6-12(17)16-11(14(19)20-8-7-15)9-13(18)21-10(2)3/h4,10-11H,1,5-6,8-9H2,2-3H3,(H,16,17)/t11-/m0/s1. The van der Waals surface area contributed by atoms with Gasteiger partial charge in [0.2, 0.25) is 5.91 Å². The minimum atomic E-state index is -1.06. The van der Waals surface area contributed by atoms with E-state index in [-0.39, 0.29) is 29.1 Å². The Morgan fingerprint density at radius 3 is 2.62 bits per heavy atom. The van der Waals surface area contributed by atoms with E-state index in [0.717, 1.165) is 11.8 Å². The summed E-state index contributed by atoms with van der Waals surface area (Å²) in [5.41, 5.74) is 0. The first kappa shape index (κ1) is 19.2. The fraction of sp³-hybridized carbons (Fsp3) is 0.571. The minimum absolute atomic E-state index is 0.0877. The van der Waals surface area contributed by atoms with Gasteiger partial charge in [-0.05, 0) is 6.42 Å². The van der Waals surface area contributed by atoms with E-state index >= 15 is 0 Å². The number of nitriles is 1. The normalized spacial score (nSPS) is 11.3. The number of amides is 1. The highest BCUT2D eigenvalue weighted by Crippen LogP contribution is 2.14. The summed E-state index contributed by atoms with van der Waals surface area (Å²) in [5.74, 6) is -1.14. The molecule has 0 heterocycles. The average molecular weight is 312 g/mol. The molecule has 1 N–H and O–H groups in total. The van der Waals surface area contributed by atoms with Gasteiger partial charge in [0.15, 0.2) is 11.7 Å². The second-order valence-electron chi connectivity index (χ2n) is 4.46. The lowest BCUT2D eigenvalue weighted by Crippen LogP contribution is -2.43. The predicted molar refractivity (Wildman–Crippen MR) is 80.3 cm³/mol. The van der Waals surface area contributed by atoms with Crippen molar-refractivity contribution in [3.63, 3.8) is 0 Å². The largest absolute Gasteiger partial charge is 0.449 e. The van der Waals surface area contributed by atoms with Crippen LogP contribution in [0.4, 0.5) is 0 Å². The Morgan fingerprint density at radius 2 is 2.10 bits per heavy atom.